The molecule has 0 aromatic heterocycles. The van der Waals surface area contributed by atoms with Gasteiger partial charge in [-0.25, -0.2) is 0 Å². The van der Waals surface area contributed by atoms with Crippen molar-refractivity contribution in [1.82, 2.24) is 15.5 Å². The van der Waals surface area contributed by atoms with Crippen molar-refractivity contribution in [1.29, 1.82) is 0 Å². The fourth-order valence-corrected chi connectivity index (χ4v) is 4.21. The Morgan fingerprint density at radius 3 is 2.81 bits per heavy atom. The van der Waals surface area contributed by atoms with Crippen LogP contribution in [-0.2, 0) is 4.74 Å². The summed E-state index contributed by atoms with van der Waals surface area (Å²) in [6.45, 7) is 11.8. The first kappa shape index (κ1) is 20.4. The summed E-state index contributed by atoms with van der Waals surface area (Å²) in [6, 6.07) is 9.28. The summed E-state index contributed by atoms with van der Waals surface area (Å²) in [4.78, 5) is 9.74. The molecule has 2 fully saturated rings. The van der Waals surface area contributed by atoms with E-state index in [0.717, 1.165) is 69.3 Å². The van der Waals surface area contributed by atoms with Gasteiger partial charge in [-0.2, -0.15) is 0 Å². The number of para-hydroxylation sites is 1. The molecule has 7 heteroatoms. The van der Waals surface area contributed by atoms with Gasteiger partial charge in [0.05, 0.1) is 25.4 Å². The Labute approximate surface area is 171 Å². The Hall–Kier alpha value is -1.31. The number of benzene rings is 1. The van der Waals surface area contributed by atoms with E-state index in [0.29, 0.717) is 12.1 Å². The summed E-state index contributed by atoms with van der Waals surface area (Å²) >= 11 is 3.67. The molecule has 0 radical (unpaired) electrons. The number of aliphatic imine (C=N–C) groups is 1. The molecule has 2 N–H and O–H groups in total. The summed E-state index contributed by atoms with van der Waals surface area (Å²) in [5.74, 6) is 0.927. The van der Waals surface area contributed by atoms with E-state index in [9.17, 15) is 0 Å². The second-order valence-electron chi connectivity index (χ2n) is 7.24. The number of nitrogens with one attached hydrogen (secondary N) is 2. The van der Waals surface area contributed by atoms with Crippen LogP contribution in [-0.4, -0.2) is 75.4 Å². The second-order valence-corrected chi connectivity index (χ2v) is 8.10. The molecule has 0 aliphatic carbocycles. The van der Waals surface area contributed by atoms with E-state index >= 15 is 0 Å². The molecule has 150 valence electrons. The molecule has 3 rings (SSSR count). The molecule has 2 saturated heterocycles. The van der Waals surface area contributed by atoms with Gasteiger partial charge in [0.1, 0.15) is 0 Å². The predicted octanol–water partition coefficient (Wildman–Crippen LogP) is 2.30. The molecular weight excluding hydrogens is 406 g/mol. The molecule has 2 aliphatic heterocycles. The monoisotopic (exact) mass is 437 g/mol. The van der Waals surface area contributed by atoms with E-state index in [1.807, 2.05) is 0 Å². The van der Waals surface area contributed by atoms with Crippen molar-refractivity contribution >= 4 is 27.6 Å². The fraction of sp³-hybridized carbons (Fsp3) is 0.650. The largest absolute Gasteiger partial charge is 0.379 e. The van der Waals surface area contributed by atoms with Gasteiger partial charge >= 0.3 is 0 Å². The maximum atomic E-state index is 5.45. The number of morpholine rings is 1. The van der Waals surface area contributed by atoms with Crippen LogP contribution in [0.3, 0.4) is 0 Å². The van der Waals surface area contributed by atoms with Crippen molar-refractivity contribution in [2.24, 2.45) is 4.99 Å². The summed E-state index contributed by atoms with van der Waals surface area (Å²) < 4.78 is 6.61. The molecular formula is C20H32BrN5O. The van der Waals surface area contributed by atoms with E-state index in [2.05, 4.69) is 74.5 Å². The number of anilines is 1. The molecule has 27 heavy (non-hydrogen) atoms. The molecule has 6 nitrogen and oxygen atoms in total. The summed E-state index contributed by atoms with van der Waals surface area (Å²) in [7, 11) is 0. The maximum absolute atomic E-state index is 5.45. The highest BCUT2D eigenvalue weighted by molar-refractivity contribution is 9.10. The molecule has 0 saturated carbocycles. The number of rotatable bonds is 6. The van der Waals surface area contributed by atoms with Crippen LogP contribution in [0.2, 0.25) is 0 Å². The van der Waals surface area contributed by atoms with Crippen molar-refractivity contribution < 1.29 is 4.74 Å². The number of halogens is 1. The lowest BCUT2D eigenvalue weighted by molar-refractivity contribution is 0.0220. The number of ether oxygens (including phenoxy) is 1. The molecule has 2 atom stereocenters. The first-order valence-electron chi connectivity index (χ1n) is 10.0. The number of hydrogen-bond donors (Lipinski definition) is 2. The molecule has 2 unspecified atom stereocenters. The van der Waals surface area contributed by atoms with Crippen molar-refractivity contribution in [2.45, 2.75) is 32.4 Å². The van der Waals surface area contributed by atoms with Gasteiger partial charge in [-0.15, -0.1) is 0 Å². The molecule has 0 bridgehead atoms. The third-order valence-electron chi connectivity index (χ3n) is 5.25. The minimum atomic E-state index is 0.411. The van der Waals surface area contributed by atoms with Crippen LogP contribution in [0.25, 0.3) is 0 Å². The van der Waals surface area contributed by atoms with Crippen molar-refractivity contribution in [3.63, 3.8) is 0 Å². The van der Waals surface area contributed by atoms with Crippen LogP contribution in [0.1, 0.15) is 20.3 Å². The first-order valence-corrected chi connectivity index (χ1v) is 10.8. The van der Waals surface area contributed by atoms with Gasteiger partial charge < -0.3 is 20.3 Å². The average molecular weight is 438 g/mol. The minimum Gasteiger partial charge on any atom is -0.379 e. The Kier molecular flexibility index (Phi) is 7.79. The van der Waals surface area contributed by atoms with Crippen LogP contribution in [0.15, 0.2) is 33.7 Å². The zero-order valence-corrected chi connectivity index (χ0v) is 18.0. The van der Waals surface area contributed by atoms with Gasteiger partial charge in [0.15, 0.2) is 5.96 Å². The standard InChI is InChI=1S/C20H32BrN5O/c1-3-22-20(23-14-16(2)25-10-12-27-13-11-25)24-17-8-9-26(15-17)19-7-5-4-6-18(19)21/h4-7,16-17H,3,8-15H2,1-2H3,(H2,22,23,24). The van der Waals surface area contributed by atoms with Crippen LogP contribution in [0.4, 0.5) is 5.69 Å². The second kappa shape index (κ2) is 10.3. The van der Waals surface area contributed by atoms with Crippen LogP contribution in [0, 0.1) is 0 Å². The lowest BCUT2D eigenvalue weighted by Gasteiger charge is -2.31. The SMILES string of the molecule is CCNC(=NCC(C)N1CCOCC1)NC1CCN(c2ccccc2Br)C1. The van der Waals surface area contributed by atoms with Crippen LogP contribution in [0.5, 0.6) is 0 Å². The Morgan fingerprint density at radius 2 is 2.07 bits per heavy atom. The summed E-state index contributed by atoms with van der Waals surface area (Å²) in [5, 5.41) is 7.03. The van der Waals surface area contributed by atoms with Gasteiger partial charge in [0.2, 0.25) is 0 Å². The molecule has 0 spiro atoms. The van der Waals surface area contributed by atoms with Gasteiger partial charge in [-0.05, 0) is 48.3 Å². The van der Waals surface area contributed by atoms with Crippen molar-refractivity contribution in [2.75, 3.05) is 57.4 Å². The maximum Gasteiger partial charge on any atom is 0.191 e. The van der Waals surface area contributed by atoms with E-state index in [1.165, 1.54) is 5.69 Å². The molecule has 2 aliphatic rings. The van der Waals surface area contributed by atoms with Crippen molar-refractivity contribution in [3.8, 4) is 0 Å². The normalized spacial score (nSPS) is 22.7. The van der Waals surface area contributed by atoms with Crippen molar-refractivity contribution in [3.05, 3.63) is 28.7 Å². The van der Waals surface area contributed by atoms with Gasteiger partial charge in [-0.1, -0.05) is 12.1 Å². The quantitative estimate of drug-likeness (QED) is 0.528. The number of hydrogen-bond acceptors (Lipinski definition) is 4. The molecule has 1 aromatic rings. The van der Waals surface area contributed by atoms with E-state index in [1.54, 1.807) is 0 Å². The third-order valence-corrected chi connectivity index (χ3v) is 5.92. The number of guanidine groups is 1. The Bertz CT molecular complexity index is 620. The minimum absolute atomic E-state index is 0.411. The third kappa shape index (κ3) is 5.83. The highest BCUT2D eigenvalue weighted by atomic mass is 79.9. The van der Waals surface area contributed by atoms with E-state index < -0.39 is 0 Å². The van der Waals surface area contributed by atoms with Crippen LogP contribution < -0.4 is 15.5 Å². The molecule has 2 heterocycles. The molecule has 1 aromatic carbocycles. The Morgan fingerprint density at radius 1 is 1.30 bits per heavy atom. The lowest BCUT2D eigenvalue weighted by Crippen LogP contribution is -2.46. The molecule has 0 amide bonds. The predicted molar refractivity (Wildman–Crippen MR) is 116 cm³/mol. The fourth-order valence-electron chi connectivity index (χ4n) is 3.68. The Balaban J connectivity index is 1.54. The highest BCUT2D eigenvalue weighted by Crippen LogP contribution is 2.28. The van der Waals surface area contributed by atoms with E-state index in [4.69, 9.17) is 9.73 Å². The van der Waals surface area contributed by atoms with Gasteiger partial charge in [0.25, 0.3) is 0 Å². The number of nitrogens with zero attached hydrogens (tertiary/aromatic N) is 3. The topological polar surface area (TPSA) is 52.1 Å². The zero-order valence-electron chi connectivity index (χ0n) is 16.5. The highest BCUT2D eigenvalue weighted by Gasteiger charge is 2.24. The smallest absolute Gasteiger partial charge is 0.191 e. The first-order chi connectivity index (χ1) is 13.2. The van der Waals surface area contributed by atoms with Gasteiger partial charge in [0, 0.05) is 49.3 Å². The average Bonchev–Trinajstić information content (AvgIpc) is 3.15. The van der Waals surface area contributed by atoms with Crippen LogP contribution >= 0.6 is 15.9 Å². The summed E-state index contributed by atoms with van der Waals surface area (Å²) in [5.41, 5.74) is 1.27. The van der Waals surface area contributed by atoms with E-state index in [-0.39, 0.29) is 0 Å². The summed E-state index contributed by atoms with van der Waals surface area (Å²) in [6.07, 6.45) is 1.12. The zero-order chi connectivity index (χ0) is 19.1. The lowest BCUT2D eigenvalue weighted by atomic mass is 10.2. The van der Waals surface area contributed by atoms with Gasteiger partial charge in [-0.3, -0.25) is 9.89 Å².